The maximum Gasteiger partial charge on any atom is 0.274 e. The van der Waals surface area contributed by atoms with Crippen LogP contribution in [0.5, 0.6) is 0 Å². The lowest BCUT2D eigenvalue weighted by atomic mass is 9.93. The molecule has 8 nitrogen and oxygen atoms in total. The van der Waals surface area contributed by atoms with Gasteiger partial charge in [-0.25, -0.2) is 9.50 Å². The molecule has 3 aliphatic heterocycles. The van der Waals surface area contributed by atoms with Crippen LogP contribution in [0.25, 0.3) is 5.65 Å². The number of likely N-dealkylation sites (tertiary alicyclic amines) is 3. The molecule has 3 saturated heterocycles. The Balaban J connectivity index is 1.17. The molecule has 0 unspecified atom stereocenters. The van der Waals surface area contributed by atoms with E-state index in [0.717, 1.165) is 77.8 Å². The van der Waals surface area contributed by atoms with E-state index in [0.29, 0.717) is 23.3 Å². The number of hydrogen-bond donors (Lipinski definition) is 0. The molecule has 30 heavy (non-hydrogen) atoms. The van der Waals surface area contributed by atoms with E-state index in [-0.39, 0.29) is 11.8 Å². The molecule has 0 aliphatic carbocycles. The van der Waals surface area contributed by atoms with Crippen molar-refractivity contribution in [3.63, 3.8) is 0 Å². The second kappa shape index (κ2) is 8.34. The Hall–Kier alpha value is -2.48. The average molecular weight is 411 g/mol. The molecule has 8 heteroatoms. The van der Waals surface area contributed by atoms with Gasteiger partial charge in [0.25, 0.3) is 5.91 Å². The van der Waals surface area contributed by atoms with Crippen molar-refractivity contribution in [2.45, 2.75) is 44.6 Å². The zero-order chi connectivity index (χ0) is 20.5. The third-order valence-electron chi connectivity index (χ3n) is 6.94. The molecule has 2 aromatic heterocycles. The summed E-state index contributed by atoms with van der Waals surface area (Å²) >= 11 is 0. The molecular formula is C22H30N6O2. The first-order valence-electron chi connectivity index (χ1n) is 11.3. The van der Waals surface area contributed by atoms with E-state index >= 15 is 0 Å². The maximum absolute atomic E-state index is 12.9. The monoisotopic (exact) mass is 410 g/mol. The van der Waals surface area contributed by atoms with Gasteiger partial charge < -0.3 is 9.80 Å². The number of fused-ring (bicyclic) bond motifs is 1. The van der Waals surface area contributed by atoms with Crippen LogP contribution < -0.4 is 0 Å². The third kappa shape index (κ3) is 3.80. The van der Waals surface area contributed by atoms with Gasteiger partial charge in [-0.15, -0.1) is 0 Å². The van der Waals surface area contributed by atoms with E-state index in [4.69, 9.17) is 0 Å². The highest BCUT2D eigenvalue weighted by atomic mass is 16.2. The quantitative estimate of drug-likeness (QED) is 0.770. The molecule has 3 fully saturated rings. The number of carbonyl (C=O) groups excluding carboxylic acids is 2. The van der Waals surface area contributed by atoms with Crippen LogP contribution in [0.1, 0.15) is 49.0 Å². The molecule has 0 saturated carbocycles. The molecule has 2 aromatic rings. The van der Waals surface area contributed by atoms with Gasteiger partial charge in [0, 0.05) is 57.2 Å². The van der Waals surface area contributed by atoms with E-state index < -0.39 is 0 Å². The highest BCUT2D eigenvalue weighted by Crippen LogP contribution is 2.26. The Morgan fingerprint density at radius 1 is 0.933 bits per heavy atom. The lowest BCUT2D eigenvalue weighted by Crippen LogP contribution is -2.51. The van der Waals surface area contributed by atoms with Crippen LogP contribution in [-0.4, -0.2) is 86.4 Å². The Bertz CT molecular complexity index is 880. The van der Waals surface area contributed by atoms with E-state index in [1.54, 1.807) is 22.8 Å². The van der Waals surface area contributed by atoms with Gasteiger partial charge in [-0.1, -0.05) is 0 Å². The number of aromatic nitrogens is 3. The van der Waals surface area contributed by atoms with Gasteiger partial charge >= 0.3 is 0 Å². The smallest absolute Gasteiger partial charge is 0.274 e. The molecule has 0 aromatic carbocycles. The summed E-state index contributed by atoms with van der Waals surface area (Å²) in [6.45, 7) is 5.31. The normalized spacial score (nSPS) is 23.9. The number of carbonyl (C=O) groups is 2. The Kier molecular flexibility index (Phi) is 5.41. The lowest BCUT2D eigenvalue weighted by molar-refractivity contribution is -0.136. The fourth-order valence-electron chi connectivity index (χ4n) is 5.27. The fraction of sp³-hybridized carbons (Fsp3) is 0.636. The van der Waals surface area contributed by atoms with Gasteiger partial charge in [0.2, 0.25) is 5.91 Å². The van der Waals surface area contributed by atoms with Gasteiger partial charge in [0.05, 0.1) is 5.92 Å². The minimum Gasteiger partial charge on any atom is -0.342 e. The van der Waals surface area contributed by atoms with Gasteiger partial charge in [0.15, 0.2) is 11.3 Å². The number of amides is 2. The van der Waals surface area contributed by atoms with Crippen molar-refractivity contribution in [2.75, 3.05) is 39.3 Å². The Labute approximate surface area is 176 Å². The molecule has 0 spiro atoms. The zero-order valence-corrected chi connectivity index (χ0v) is 17.4. The summed E-state index contributed by atoms with van der Waals surface area (Å²) in [6, 6.07) is 4.03. The van der Waals surface area contributed by atoms with Crippen LogP contribution in [0.2, 0.25) is 0 Å². The summed E-state index contributed by atoms with van der Waals surface area (Å²) in [7, 11) is 0. The van der Waals surface area contributed by atoms with Crippen molar-refractivity contribution >= 4 is 17.5 Å². The molecule has 2 amide bonds. The highest BCUT2D eigenvalue weighted by Gasteiger charge is 2.35. The summed E-state index contributed by atoms with van der Waals surface area (Å²) in [6.07, 6.45) is 9.85. The van der Waals surface area contributed by atoms with Gasteiger partial charge in [-0.3, -0.25) is 14.5 Å². The van der Waals surface area contributed by atoms with Crippen LogP contribution in [0.3, 0.4) is 0 Å². The minimum atomic E-state index is -0.0142. The second-order valence-corrected chi connectivity index (χ2v) is 8.84. The van der Waals surface area contributed by atoms with Crippen molar-refractivity contribution in [3.8, 4) is 0 Å². The predicted octanol–water partition coefficient (Wildman–Crippen LogP) is 1.67. The van der Waals surface area contributed by atoms with E-state index in [1.807, 2.05) is 11.1 Å². The SMILES string of the molecule is O=C(c1cc2ncccn2n1)N1CCC(N2CCC[C@H](C(=O)N3CCCC3)C2)CC1. The molecular weight excluding hydrogens is 380 g/mol. The molecule has 1 atom stereocenters. The summed E-state index contributed by atoms with van der Waals surface area (Å²) in [5, 5.41) is 4.37. The summed E-state index contributed by atoms with van der Waals surface area (Å²) < 4.78 is 1.64. The van der Waals surface area contributed by atoms with Crippen LogP contribution in [0.15, 0.2) is 24.5 Å². The summed E-state index contributed by atoms with van der Waals surface area (Å²) in [5.74, 6) is 0.506. The predicted molar refractivity (Wildman–Crippen MR) is 112 cm³/mol. The molecule has 160 valence electrons. The van der Waals surface area contributed by atoms with E-state index in [9.17, 15) is 9.59 Å². The third-order valence-corrected chi connectivity index (χ3v) is 6.94. The number of nitrogens with zero attached hydrogens (tertiary/aromatic N) is 6. The van der Waals surface area contributed by atoms with Crippen molar-refractivity contribution < 1.29 is 9.59 Å². The fourth-order valence-corrected chi connectivity index (χ4v) is 5.27. The van der Waals surface area contributed by atoms with Crippen LogP contribution >= 0.6 is 0 Å². The Morgan fingerprint density at radius 3 is 2.50 bits per heavy atom. The van der Waals surface area contributed by atoms with E-state index in [2.05, 4.69) is 19.9 Å². The number of hydrogen-bond acceptors (Lipinski definition) is 5. The standard InChI is InChI=1S/C22H30N6O2/c29-21(25-9-1-2-10-25)17-5-3-11-27(16-17)18-6-13-26(14-7-18)22(30)19-15-20-23-8-4-12-28(20)24-19/h4,8,12,15,17-18H,1-3,5-7,9-11,13-14,16H2/t17-/m0/s1. The Morgan fingerprint density at radius 2 is 1.73 bits per heavy atom. The van der Waals surface area contributed by atoms with Gasteiger partial charge in [0.1, 0.15) is 0 Å². The van der Waals surface area contributed by atoms with Crippen molar-refractivity contribution in [1.82, 2.24) is 29.3 Å². The number of piperidine rings is 2. The van der Waals surface area contributed by atoms with Crippen LogP contribution in [0.4, 0.5) is 0 Å². The van der Waals surface area contributed by atoms with Gasteiger partial charge in [-0.05, 0) is 51.1 Å². The second-order valence-electron chi connectivity index (χ2n) is 8.84. The summed E-state index contributed by atoms with van der Waals surface area (Å²) in [4.78, 5) is 36.5. The van der Waals surface area contributed by atoms with Gasteiger partial charge in [-0.2, -0.15) is 5.10 Å². The molecule has 5 heterocycles. The van der Waals surface area contributed by atoms with Crippen molar-refractivity contribution in [2.24, 2.45) is 5.92 Å². The molecule has 3 aliphatic rings. The maximum atomic E-state index is 12.9. The molecule has 0 radical (unpaired) electrons. The molecule has 0 bridgehead atoms. The minimum absolute atomic E-state index is 0.0142. The topological polar surface area (TPSA) is 74.0 Å². The number of rotatable bonds is 3. The van der Waals surface area contributed by atoms with Crippen LogP contribution in [0, 0.1) is 5.92 Å². The van der Waals surface area contributed by atoms with Crippen LogP contribution in [-0.2, 0) is 4.79 Å². The zero-order valence-electron chi connectivity index (χ0n) is 17.4. The first-order valence-corrected chi connectivity index (χ1v) is 11.3. The lowest BCUT2D eigenvalue weighted by Gasteiger charge is -2.42. The average Bonchev–Trinajstić information content (AvgIpc) is 3.48. The largest absolute Gasteiger partial charge is 0.342 e. The summed E-state index contributed by atoms with van der Waals surface area (Å²) in [5.41, 5.74) is 1.15. The molecule has 0 N–H and O–H groups in total. The first kappa shape index (κ1) is 19.5. The van der Waals surface area contributed by atoms with E-state index in [1.165, 1.54) is 0 Å². The first-order chi connectivity index (χ1) is 14.7. The van der Waals surface area contributed by atoms with Crippen molar-refractivity contribution in [3.05, 3.63) is 30.2 Å². The highest BCUT2D eigenvalue weighted by molar-refractivity contribution is 5.93. The molecule has 5 rings (SSSR count). The van der Waals surface area contributed by atoms with Crippen molar-refractivity contribution in [1.29, 1.82) is 0 Å².